The van der Waals surface area contributed by atoms with Crippen molar-refractivity contribution in [2.45, 2.75) is 13.8 Å². The quantitative estimate of drug-likeness (QED) is 0.585. The van der Waals surface area contributed by atoms with Crippen molar-refractivity contribution in [2.24, 2.45) is 11.7 Å². The van der Waals surface area contributed by atoms with Crippen LogP contribution in [0.3, 0.4) is 0 Å². The molecular formula is C7H16N2. The summed E-state index contributed by atoms with van der Waals surface area (Å²) in [5.41, 5.74) is 6.03. The first kappa shape index (κ1) is 8.50. The molecule has 0 spiro atoms. The molecule has 9 heavy (non-hydrogen) atoms. The third-order valence-corrected chi connectivity index (χ3v) is 0.905. The van der Waals surface area contributed by atoms with Gasteiger partial charge in [0.15, 0.2) is 0 Å². The molecule has 0 heterocycles. The minimum absolute atomic E-state index is 0.685. The maximum Gasteiger partial charge on any atom is 0.0345 e. The molecule has 0 saturated carbocycles. The van der Waals surface area contributed by atoms with Crippen LogP contribution >= 0.6 is 0 Å². The van der Waals surface area contributed by atoms with E-state index in [1.165, 1.54) is 0 Å². The molecule has 0 bridgehead atoms. The summed E-state index contributed by atoms with van der Waals surface area (Å²) in [5, 5.41) is 3.16. The molecule has 2 heteroatoms. The molecule has 0 aromatic rings. The third kappa shape index (κ3) is 7.50. The van der Waals surface area contributed by atoms with Crippen molar-refractivity contribution in [3.8, 4) is 0 Å². The Morgan fingerprint density at radius 2 is 2.22 bits per heavy atom. The SMILES string of the molecule is C=C(N)CNCC(C)C. The Kier molecular flexibility index (Phi) is 4.14. The van der Waals surface area contributed by atoms with Crippen LogP contribution in [0.4, 0.5) is 0 Å². The molecule has 3 N–H and O–H groups in total. The van der Waals surface area contributed by atoms with Crippen molar-refractivity contribution in [2.75, 3.05) is 13.1 Å². The highest BCUT2D eigenvalue weighted by molar-refractivity contribution is 4.88. The zero-order valence-electron chi connectivity index (χ0n) is 6.28. The summed E-state index contributed by atoms with van der Waals surface area (Å²) in [6.07, 6.45) is 0. The van der Waals surface area contributed by atoms with E-state index in [1.807, 2.05) is 0 Å². The number of hydrogen-bond donors (Lipinski definition) is 2. The zero-order chi connectivity index (χ0) is 7.28. The second-order valence-corrected chi connectivity index (χ2v) is 2.68. The first-order chi connectivity index (χ1) is 4.13. The highest BCUT2D eigenvalue weighted by Crippen LogP contribution is 1.86. The molecule has 0 aliphatic carbocycles. The fourth-order valence-corrected chi connectivity index (χ4v) is 0.521. The molecule has 0 fully saturated rings. The fourth-order valence-electron chi connectivity index (χ4n) is 0.521. The number of rotatable bonds is 4. The molecule has 0 aliphatic heterocycles. The van der Waals surface area contributed by atoms with E-state index in [9.17, 15) is 0 Å². The Bertz CT molecular complexity index is 86.9. The molecule has 0 unspecified atom stereocenters. The van der Waals surface area contributed by atoms with Crippen LogP contribution < -0.4 is 11.1 Å². The average molecular weight is 128 g/mol. The first-order valence-electron chi connectivity index (χ1n) is 3.27. The van der Waals surface area contributed by atoms with Gasteiger partial charge in [0.2, 0.25) is 0 Å². The molecule has 0 amide bonds. The first-order valence-corrected chi connectivity index (χ1v) is 3.27. The maximum absolute atomic E-state index is 5.32. The van der Waals surface area contributed by atoms with Crippen LogP contribution in [-0.4, -0.2) is 13.1 Å². The summed E-state index contributed by atoms with van der Waals surface area (Å²) < 4.78 is 0. The minimum Gasteiger partial charge on any atom is -0.401 e. The Labute approximate surface area is 57.1 Å². The van der Waals surface area contributed by atoms with Crippen LogP contribution in [0.5, 0.6) is 0 Å². The largest absolute Gasteiger partial charge is 0.401 e. The van der Waals surface area contributed by atoms with Crippen molar-refractivity contribution in [1.82, 2.24) is 5.32 Å². The van der Waals surface area contributed by atoms with E-state index < -0.39 is 0 Å². The van der Waals surface area contributed by atoms with Crippen molar-refractivity contribution in [3.05, 3.63) is 12.3 Å². The van der Waals surface area contributed by atoms with Crippen molar-refractivity contribution in [3.63, 3.8) is 0 Å². The van der Waals surface area contributed by atoms with Gasteiger partial charge in [-0.1, -0.05) is 20.4 Å². The number of hydrogen-bond acceptors (Lipinski definition) is 2. The molecule has 0 radical (unpaired) electrons. The van der Waals surface area contributed by atoms with E-state index in [0.717, 1.165) is 13.1 Å². The van der Waals surface area contributed by atoms with Crippen molar-refractivity contribution < 1.29 is 0 Å². The van der Waals surface area contributed by atoms with Gasteiger partial charge in [-0.15, -0.1) is 0 Å². The number of nitrogens with two attached hydrogens (primary N) is 1. The van der Waals surface area contributed by atoms with Crippen molar-refractivity contribution in [1.29, 1.82) is 0 Å². The molecule has 0 rings (SSSR count). The predicted molar refractivity (Wildman–Crippen MR) is 41.0 cm³/mol. The number of nitrogens with one attached hydrogen (secondary N) is 1. The normalized spacial score (nSPS) is 10.1. The van der Waals surface area contributed by atoms with Gasteiger partial charge in [0.05, 0.1) is 0 Å². The zero-order valence-corrected chi connectivity index (χ0v) is 6.28. The van der Waals surface area contributed by atoms with Crippen LogP contribution in [-0.2, 0) is 0 Å². The molecule has 2 nitrogen and oxygen atoms in total. The van der Waals surface area contributed by atoms with E-state index in [1.54, 1.807) is 0 Å². The van der Waals surface area contributed by atoms with Crippen molar-refractivity contribution >= 4 is 0 Å². The lowest BCUT2D eigenvalue weighted by Crippen LogP contribution is -2.24. The smallest absolute Gasteiger partial charge is 0.0345 e. The monoisotopic (exact) mass is 128 g/mol. The Balaban J connectivity index is 3.01. The van der Waals surface area contributed by atoms with Crippen LogP contribution in [0.2, 0.25) is 0 Å². The standard InChI is InChI=1S/C7H16N2/c1-6(2)4-9-5-7(3)8/h6,9H,3-5,8H2,1-2H3. The van der Waals surface area contributed by atoms with Gasteiger partial charge >= 0.3 is 0 Å². The lowest BCUT2D eigenvalue weighted by Gasteiger charge is -2.05. The summed E-state index contributed by atoms with van der Waals surface area (Å²) in [5.74, 6) is 0.685. The molecule has 0 aromatic carbocycles. The minimum atomic E-state index is 0.685. The van der Waals surface area contributed by atoms with Crippen LogP contribution in [0.1, 0.15) is 13.8 Å². The van der Waals surface area contributed by atoms with Gasteiger partial charge in [0.25, 0.3) is 0 Å². The van der Waals surface area contributed by atoms with Gasteiger partial charge in [-0.05, 0) is 12.5 Å². The summed E-state index contributed by atoms with van der Waals surface area (Å²) in [7, 11) is 0. The highest BCUT2D eigenvalue weighted by Gasteiger charge is 1.90. The fraction of sp³-hybridized carbons (Fsp3) is 0.714. The van der Waals surface area contributed by atoms with E-state index in [0.29, 0.717) is 11.6 Å². The van der Waals surface area contributed by atoms with E-state index in [-0.39, 0.29) is 0 Å². The Morgan fingerprint density at radius 1 is 1.67 bits per heavy atom. The molecular weight excluding hydrogens is 112 g/mol. The maximum atomic E-state index is 5.32. The molecule has 0 aromatic heterocycles. The third-order valence-electron chi connectivity index (χ3n) is 0.905. The summed E-state index contributed by atoms with van der Waals surface area (Å²) in [6.45, 7) is 9.63. The summed E-state index contributed by atoms with van der Waals surface area (Å²) in [4.78, 5) is 0. The Morgan fingerprint density at radius 3 is 2.56 bits per heavy atom. The topological polar surface area (TPSA) is 38.0 Å². The van der Waals surface area contributed by atoms with Crippen LogP contribution in [0.15, 0.2) is 12.3 Å². The van der Waals surface area contributed by atoms with E-state index >= 15 is 0 Å². The van der Waals surface area contributed by atoms with Gasteiger partial charge in [-0.2, -0.15) is 0 Å². The molecule has 0 saturated heterocycles. The van der Waals surface area contributed by atoms with Gasteiger partial charge in [0.1, 0.15) is 0 Å². The van der Waals surface area contributed by atoms with Crippen LogP contribution in [0, 0.1) is 5.92 Å². The van der Waals surface area contributed by atoms with Gasteiger partial charge < -0.3 is 11.1 Å². The molecule has 54 valence electrons. The summed E-state index contributed by atoms with van der Waals surface area (Å²) in [6, 6.07) is 0. The molecule has 0 aliphatic rings. The van der Waals surface area contributed by atoms with Crippen LogP contribution in [0.25, 0.3) is 0 Å². The van der Waals surface area contributed by atoms with Gasteiger partial charge in [0, 0.05) is 12.2 Å². The Hall–Kier alpha value is -0.500. The lowest BCUT2D eigenvalue weighted by atomic mass is 10.2. The van der Waals surface area contributed by atoms with Gasteiger partial charge in [-0.25, -0.2) is 0 Å². The van der Waals surface area contributed by atoms with E-state index in [2.05, 4.69) is 25.7 Å². The average Bonchev–Trinajstić information content (AvgIpc) is 1.63. The molecule has 0 atom stereocenters. The lowest BCUT2D eigenvalue weighted by molar-refractivity contribution is 0.571. The highest BCUT2D eigenvalue weighted by atomic mass is 14.9. The predicted octanol–water partition coefficient (Wildman–Crippen LogP) is 0.704. The van der Waals surface area contributed by atoms with Gasteiger partial charge in [-0.3, -0.25) is 0 Å². The second kappa shape index (κ2) is 4.39. The summed E-state index contributed by atoms with van der Waals surface area (Å²) >= 11 is 0. The second-order valence-electron chi connectivity index (χ2n) is 2.68. The van der Waals surface area contributed by atoms with E-state index in [4.69, 9.17) is 5.73 Å².